The molecule has 0 saturated carbocycles. The number of aliphatic carboxylic acids is 1. The summed E-state index contributed by atoms with van der Waals surface area (Å²) in [4.78, 5) is 37.2. The first-order valence-corrected chi connectivity index (χ1v) is 26.8. The Bertz CT molecular complexity index is 1210. The van der Waals surface area contributed by atoms with Gasteiger partial charge in [0, 0.05) is 12.8 Å². The Kier molecular flexibility index (Phi) is 45.7. The molecule has 0 bridgehead atoms. The molecule has 0 radical (unpaired) electrons. The van der Waals surface area contributed by atoms with Crippen molar-refractivity contribution in [3.63, 3.8) is 0 Å². The first-order chi connectivity index (χ1) is 31.6. The summed E-state index contributed by atoms with van der Waals surface area (Å²) in [6, 6.07) is 0. The second-order valence-electron chi connectivity index (χ2n) is 19.2. The molecule has 0 aliphatic carbocycles. The van der Waals surface area contributed by atoms with E-state index >= 15 is 0 Å². The number of carbonyl (C=O) groups is 3. The predicted molar refractivity (Wildman–Crippen MR) is 272 cm³/mol. The second-order valence-corrected chi connectivity index (χ2v) is 19.2. The molecular formula is C56H102NO8+. The molecule has 0 aliphatic rings. The number of esters is 2. The maximum absolute atomic E-state index is 12.8. The fraction of sp³-hybridized carbons (Fsp3) is 0.804. The number of unbranched alkanes of at least 4 members (excludes halogenated alkanes) is 26. The van der Waals surface area contributed by atoms with Crippen LogP contribution in [0.5, 0.6) is 0 Å². The van der Waals surface area contributed by atoms with Gasteiger partial charge in [-0.15, -0.1) is 0 Å². The summed E-state index contributed by atoms with van der Waals surface area (Å²) >= 11 is 0. The van der Waals surface area contributed by atoms with Gasteiger partial charge in [-0.1, -0.05) is 217 Å². The Morgan fingerprint density at radius 3 is 1.31 bits per heavy atom. The lowest BCUT2D eigenvalue weighted by atomic mass is 10.0. The summed E-state index contributed by atoms with van der Waals surface area (Å²) in [5, 5.41) is 9.66. The molecule has 2 atom stereocenters. The van der Waals surface area contributed by atoms with Gasteiger partial charge in [0.25, 0.3) is 6.29 Å². The van der Waals surface area contributed by atoms with Crippen LogP contribution in [0.4, 0.5) is 0 Å². The second kappa shape index (κ2) is 47.7. The van der Waals surface area contributed by atoms with E-state index in [1.807, 2.05) is 21.1 Å². The Labute approximate surface area is 400 Å². The van der Waals surface area contributed by atoms with Crippen molar-refractivity contribution in [2.75, 3.05) is 47.5 Å². The van der Waals surface area contributed by atoms with E-state index in [2.05, 4.69) is 62.5 Å². The van der Waals surface area contributed by atoms with Gasteiger partial charge in [0.05, 0.1) is 34.4 Å². The monoisotopic (exact) mass is 917 g/mol. The molecule has 0 heterocycles. The van der Waals surface area contributed by atoms with Gasteiger partial charge in [-0.05, 0) is 51.4 Å². The van der Waals surface area contributed by atoms with Gasteiger partial charge in [0.1, 0.15) is 13.2 Å². The van der Waals surface area contributed by atoms with Crippen molar-refractivity contribution >= 4 is 17.9 Å². The van der Waals surface area contributed by atoms with Crippen LogP contribution < -0.4 is 0 Å². The molecule has 0 rings (SSSR count). The molecule has 378 valence electrons. The van der Waals surface area contributed by atoms with Crippen LogP contribution in [0.3, 0.4) is 0 Å². The third-order valence-electron chi connectivity index (χ3n) is 11.6. The number of allylic oxidation sites excluding steroid dienone is 8. The highest BCUT2D eigenvalue weighted by Crippen LogP contribution is 2.16. The summed E-state index contributed by atoms with van der Waals surface area (Å²) in [7, 11) is 5.96. The van der Waals surface area contributed by atoms with Gasteiger partial charge in [-0.3, -0.25) is 9.59 Å². The smallest absolute Gasteiger partial charge is 0.361 e. The average Bonchev–Trinajstić information content (AvgIpc) is 3.27. The van der Waals surface area contributed by atoms with E-state index in [-0.39, 0.29) is 32.2 Å². The summed E-state index contributed by atoms with van der Waals surface area (Å²) in [6.07, 6.45) is 54.8. The Morgan fingerprint density at radius 1 is 0.477 bits per heavy atom. The molecule has 0 amide bonds. The number of carboxylic acids is 1. The maximum Gasteiger partial charge on any atom is 0.361 e. The van der Waals surface area contributed by atoms with E-state index in [1.165, 1.54) is 141 Å². The number of likely N-dealkylation sites (N-methyl/N-ethyl adjacent to an activating group) is 1. The molecule has 1 N–H and O–H groups in total. The molecule has 0 aromatic heterocycles. The summed E-state index contributed by atoms with van der Waals surface area (Å²) in [6.45, 7) is 4.77. The zero-order chi connectivity index (χ0) is 47.7. The third kappa shape index (κ3) is 49.0. The fourth-order valence-electron chi connectivity index (χ4n) is 7.48. The van der Waals surface area contributed by atoms with E-state index in [0.717, 1.165) is 64.2 Å². The van der Waals surface area contributed by atoms with Gasteiger partial charge < -0.3 is 28.5 Å². The van der Waals surface area contributed by atoms with Crippen LogP contribution >= 0.6 is 0 Å². The summed E-state index contributed by atoms with van der Waals surface area (Å²) in [5.74, 6) is -2.00. The van der Waals surface area contributed by atoms with Crippen LogP contribution in [-0.4, -0.2) is 87.4 Å². The van der Waals surface area contributed by atoms with E-state index in [1.54, 1.807) is 0 Å². The van der Waals surface area contributed by atoms with Crippen LogP contribution in [0, 0.1) is 0 Å². The van der Waals surface area contributed by atoms with Crippen molar-refractivity contribution in [1.29, 1.82) is 0 Å². The van der Waals surface area contributed by atoms with Gasteiger partial charge in [-0.2, -0.15) is 0 Å². The van der Waals surface area contributed by atoms with Crippen molar-refractivity contribution in [2.24, 2.45) is 0 Å². The van der Waals surface area contributed by atoms with Gasteiger partial charge in [-0.25, -0.2) is 4.79 Å². The van der Waals surface area contributed by atoms with E-state index < -0.39 is 24.3 Å². The number of hydrogen-bond acceptors (Lipinski definition) is 7. The topological polar surface area (TPSA) is 108 Å². The van der Waals surface area contributed by atoms with Crippen LogP contribution in [0.25, 0.3) is 0 Å². The van der Waals surface area contributed by atoms with E-state index in [9.17, 15) is 19.5 Å². The van der Waals surface area contributed by atoms with Gasteiger partial charge in [0.15, 0.2) is 6.10 Å². The van der Waals surface area contributed by atoms with Gasteiger partial charge in [0.2, 0.25) is 0 Å². The Morgan fingerprint density at radius 2 is 0.877 bits per heavy atom. The summed E-state index contributed by atoms with van der Waals surface area (Å²) < 4.78 is 22.8. The fourth-order valence-corrected chi connectivity index (χ4v) is 7.48. The van der Waals surface area contributed by atoms with E-state index in [0.29, 0.717) is 17.4 Å². The number of ether oxygens (including phenoxy) is 4. The average molecular weight is 917 g/mol. The number of nitrogens with zero attached hydrogens (tertiary/aromatic N) is 1. The predicted octanol–water partition coefficient (Wildman–Crippen LogP) is 15.1. The molecular weight excluding hydrogens is 815 g/mol. The summed E-state index contributed by atoms with van der Waals surface area (Å²) in [5.41, 5.74) is 0. The highest BCUT2D eigenvalue weighted by atomic mass is 16.7. The molecule has 0 aromatic rings. The van der Waals surface area contributed by atoms with Crippen molar-refractivity contribution in [3.8, 4) is 0 Å². The van der Waals surface area contributed by atoms with Crippen molar-refractivity contribution in [3.05, 3.63) is 48.6 Å². The normalized spacial score (nSPS) is 13.2. The number of quaternary nitrogens is 1. The largest absolute Gasteiger partial charge is 0.477 e. The zero-order valence-corrected chi connectivity index (χ0v) is 42.9. The molecule has 2 unspecified atom stereocenters. The molecule has 9 heteroatoms. The minimum atomic E-state index is -1.51. The number of hydrogen-bond donors (Lipinski definition) is 1. The van der Waals surface area contributed by atoms with Crippen LogP contribution in [0.1, 0.15) is 232 Å². The molecule has 0 fully saturated rings. The van der Waals surface area contributed by atoms with Crippen molar-refractivity contribution in [2.45, 2.75) is 245 Å². The number of rotatable bonds is 49. The SMILES string of the molecule is CC/C=C\C/C=C\C/C=C\C/C=C\CCCCCCCCCCCCCCCCCCC(=O)OC(COC(=O)CCCCCCCCCCCCC)COC(OCC[N+](C)(C)C)C(=O)O. The lowest BCUT2D eigenvalue weighted by Crippen LogP contribution is -2.40. The standard InChI is InChI=1S/C56H101NO8/c1-6-8-10-12-14-16-18-19-20-21-22-23-24-25-26-27-28-29-30-31-32-33-34-35-37-39-41-43-45-47-54(59)65-52(51-64-56(55(60)61)62-49-48-57(3,4)5)50-63-53(58)46-44-42-40-38-36-17-15-13-11-9-7-2/h8,10,14,16,19-20,22-23,52,56H,6-7,9,11-13,15,17-18,21,24-51H2,1-5H3/p+1/b10-8-,16-14-,20-19-,23-22-. The highest BCUT2D eigenvalue weighted by Gasteiger charge is 2.25. The molecule has 0 saturated heterocycles. The quantitative estimate of drug-likeness (QED) is 0.0211. The minimum absolute atomic E-state index is 0.179. The first kappa shape index (κ1) is 62.2. The van der Waals surface area contributed by atoms with E-state index in [4.69, 9.17) is 18.9 Å². The lowest BCUT2D eigenvalue weighted by Gasteiger charge is -2.25. The molecule has 65 heavy (non-hydrogen) atoms. The molecule has 0 spiro atoms. The zero-order valence-electron chi connectivity index (χ0n) is 42.9. The van der Waals surface area contributed by atoms with Crippen LogP contribution in [0.2, 0.25) is 0 Å². The van der Waals surface area contributed by atoms with Crippen LogP contribution in [0.15, 0.2) is 48.6 Å². The first-order valence-electron chi connectivity index (χ1n) is 26.8. The maximum atomic E-state index is 12.8. The molecule has 9 nitrogen and oxygen atoms in total. The molecule has 0 aliphatic heterocycles. The number of carboxylic acid groups (broad SMARTS) is 1. The third-order valence-corrected chi connectivity index (χ3v) is 11.6. The van der Waals surface area contributed by atoms with Crippen molar-refractivity contribution in [1.82, 2.24) is 0 Å². The van der Waals surface area contributed by atoms with Gasteiger partial charge >= 0.3 is 17.9 Å². The number of carbonyl (C=O) groups excluding carboxylic acids is 2. The highest BCUT2D eigenvalue weighted by molar-refractivity contribution is 5.71. The lowest BCUT2D eigenvalue weighted by molar-refractivity contribution is -0.870. The van der Waals surface area contributed by atoms with Crippen molar-refractivity contribution < 1.29 is 42.9 Å². The minimum Gasteiger partial charge on any atom is -0.477 e. The van der Waals surface area contributed by atoms with Crippen LogP contribution in [-0.2, 0) is 33.3 Å². The Balaban J connectivity index is 4.13. The molecule has 0 aromatic carbocycles. The Hall–Kier alpha value is -2.75.